The van der Waals surface area contributed by atoms with Crippen molar-refractivity contribution in [1.29, 1.82) is 0 Å². The van der Waals surface area contributed by atoms with Crippen molar-refractivity contribution in [3.05, 3.63) is 47.8 Å². The van der Waals surface area contributed by atoms with Crippen LogP contribution in [0, 0.1) is 5.82 Å². The number of nitrogens with one attached hydrogen (secondary N) is 2. The highest BCUT2D eigenvalue weighted by molar-refractivity contribution is 7.77. The van der Waals surface area contributed by atoms with Crippen molar-refractivity contribution in [3.63, 3.8) is 0 Å². The second-order valence-corrected chi connectivity index (χ2v) is 6.09. The lowest BCUT2D eigenvalue weighted by Crippen LogP contribution is -1.89. The van der Waals surface area contributed by atoms with Crippen LogP contribution in [0.3, 0.4) is 0 Å². The maximum absolute atomic E-state index is 13.3. The minimum atomic E-state index is -2.20. The molecule has 0 aliphatic carbocycles. The Labute approximate surface area is 143 Å². The molecule has 0 amide bonds. The zero-order chi connectivity index (χ0) is 17.4. The zero-order valence-corrected chi connectivity index (χ0v) is 13.5. The summed E-state index contributed by atoms with van der Waals surface area (Å²) in [6.07, 6.45) is 1.80. The number of aromatic amines is 2. The quantitative estimate of drug-likeness (QED) is 0.385. The van der Waals surface area contributed by atoms with E-state index >= 15 is 0 Å². The first kappa shape index (κ1) is 15.6. The molecule has 126 valence electrons. The maximum Gasteiger partial charge on any atom is 0.281 e. The highest BCUT2D eigenvalue weighted by Crippen LogP contribution is 2.27. The van der Waals surface area contributed by atoms with E-state index in [2.05, 4.69) is 24.6 Å². The van der Waals surface area contributed by atoms with Gasteiger partial charge >= 0.3 is 0 Å². The van der Waals surface area contributed by atoms with Crippen LogP contribution in [0.2, 0.25) is 0 Å². The summed E-state index contributed by atoms with van der Waals surface area (Å²) < 4.78 is 36.0. The smallest absolute Gasteiger partial charge is 0.281 e. The molecule has 9 heteroatoms. The highest BCUT2D eigenvalue weighted by Gasteiger charge is 2.13. The average molecular weight is 357 g/mol. The second-order valence-electron chi connectivity index (χ2n) is 5.42. The van der Waals surface area contributed by atoms with Gasteiger partial charge < -0.3 is 4.98 Å². The van der Waals surface area contributed by atoms with Crippen LogP contribution in [-0.4, -0.2) is 35.1 Å². The Hall–Kier alpha value is -2.91. The minimum Gasteiger partial charge on any atom is -0.336 e. The largest absolute Gasteiger partial charge is 0.336 e. The number of H-pyrrole nitrogens is 2. The molecule has 1 atom stereocenters. The van der Waals surface area contributed by atoms with E-state index in [0.29, 0.717) is 29.0 Å². The summed E-state index contributed by atoms with van der Waals surface area (Å²) in [7, 11) is 0. The first-order chi connectivity index (χ1) is 12.1. The first-order valence-corrected chi connectivity index (χ1v) is 8.42. The lowest BCUT2D eigenvalue weighted by molar-refractivity contribution is 0.566. The number of hydrogen-bond donors (Lipinski definition) is 3. The Bertz CT molecular complexity index is 1130. The van der Waals surface area contributed by atoms with Crippen LogP contribution in [0.4, 0.5) is 4.39 Å². The van der Waals surface area contributed by atoms with Gasteiger partial charge in [-0.2, -0.15) is 9.50 Å². The van der Waals surface area contributed by atoms with Gasteiger partial charge in [0.25, 0.3) is 11.3 Å². The van der Waals surface area contributed by atoms with Gasteiger partial charge in [-0.3, -0.25) is 9.65 Å². The Morgan fingerprint density at radius 2 is 2.12 bits per heavy atom. The summed E-state index contributed by atoms with van der Waals surface area (Å²) in [5, 5.41) is 8.08. The highest BCUT2D eigenvalue weighted by atomic mass is 32.2. The van der Waals surface area contributed by atoms with Gasteiger partial charge in [0.05, 0.1) is 16.6 Å². The van der Waals surface area contributed by atoms with E-state index in [-0.39, 0.29) is 5.82 Å². The number of aromatic nitrogens is 4. The molecule has 3 N–H and O–H groups in total. The molecule has 4 aromatic rings. The van der Waals surface area contributed by atoms with Crippen LogP contribution in [0.25, 0.3) is 33.5 Å². The van der Waals surface area contributed by atoms with E-state index in [9.17, 15) is 8.60 Å². The molecule has 4 rings (SSSR count). The van der Waals surface area contributed by atoms with Gasteiger partial charge in [0.1, 0.15) is 11.5 Å². The molecule has 0 saturated carbocycles. The van der Waals surface area contributed by atoms with Crippen molar-refractivity contribution in [1.82, 2.24) is 20.2 Å². The van der Waals surface area contributed by atoms with Crippen molar-refractivity contribution < 1.29 is 13.2 Å². The molecule has 2 heterocycles. The van der Waals surface area contributed by atoms with Crippen molar-refractivity contribution in [2.75, 3.05) is 0 Å². The van der Waals surface area contributed by atoms with Crippen molar-refractivity contribution >= 4 is 39.4 Å². The Kier molecular flexibility index (Phi) is 3.86. The molecule has 1 unspecified atom stereocenters. The molecular weight excluding hydrogens is 345 g/mol. The number of benzene rings is 2. The zero-order valence-electron chi connectivity index (χ0n) is 12.7. The molecule has 2 aromatic carbocycles. The monoisotopic (exact) mass is 357 g/mol. The van der Waals surface area contributed by atoms with Crippen molar-refractivity contribution in [2.24, 2.45) is 4.40 Å². The number of hydrogen-bond acceptors (Lipinski definition) is 3. The third-order valence-corrected chi connectivity index (χ3v) is 4.12. The first-order valence-electron chi connectivity index (χ1n) is 7.36. The van der Waals surface area contributed by atoms with E-state index in [1.807, 2.05) is 18.2 Å². The van der Waals surface area contributed by atoms with Crippen molar-refractivity contribution in [2.45, 2.75) is 6.42 Å². The molecule has 7 nitrogen and oxygen atoms in total. The lowest BCUT2D eigenvalue weighted by atomic mass is 10.1. The maximum atomic E-state index is 13.3. The normalized spacial score (nSPS) is 13.2. The van der Waals surface area contributed by atoms with E-state index in [1.165, 1.54) is 18.3 Å². The van der Waals surface area contributed by atoms with E-state index in [4.69, 9.17) is 4.55 Å². The van der Waals surface area contributed by atoms with E-state index < -0.39 is 11.3 Å². The van der Waals surface area contributed by atoms with Crippen LogP contribution in [0.5, 0.6) is 0 Å². The van der Waals surface area contributed by atoms with Gasteiger partial charge in [-0.05, 0) is 35.9 Å². The summed E-state index contributed by atoms with van der Waals surface area (Å²) in [5.41, 5.74) is 3.61. The molecule has 0 bridgehead atoms. The minimum absolute atomic E-state index is 0.336. The number of imidazole rings is 1. The summed E-state index contributed by atoms with van der Waals surface area (Å²) in [6.45, 7) is 0. The molecule has 0 fully saturated rings. The Morgan fingerprint density at radius 3 is 2.96 bits per heavy atom. The molecule has 0 aliphatic rings. The van der Waals surface area contributed by atoms with E-state index in [0.717, 1.165) is 16.5 Å². The fraction of sp³-hybridized carbons (Fsp3) is 0.0625. The van der Waals surface area contributed by atoms with Gasteiger partial charge in [-0.1, -0.05) is 6.07 Å². The summed E-state index contributed by atoms with van der Waals surface area (Å²) in [6, 6.07) is 10.0. The summed E-state index contributed by atoms with van der Waals surface area (Å²) in [4.78, 5) is 7.53. The van der Waals surface area contributed by atoms with Crippen LogP contribution in [0.1, 0.15) is 5.56 Å². The Morgan fingerprint density at radius 1 is 1.24 bits per heavy atom. The molecule has 0 radical (unpaired) electrons. The Balaban J connectivity index is 1.76. The van der Waals surface area contributed by atoms with Gasteiger partial charge in [0.2, 0.25) is 0 Å². The molecule has 0 saturated heterocycles. The average Bonchev–Trinajstić information content (AvgIpc) is 3.17. The molecular formula is C16H12FN5O2S. The predicted molar refractivity (Wildman–Crippen MR) is 94.1 cm³/mol. The summed E-state index contributed by atoms with van der Waals surface area (Å²) in [5.74, 6) is 0.201. The number of fused-ring (bicyclic) bond motifs is 2. The predicted octanol–water partition coefficient (Wildman–Crippen LogP) is 3.00. The number of rotatable bonds is 4. The molecule has 2 aromatic heterocycles. The fourth-order valence-corrected chi connectivity index (χ4v) is 2.87. The van der Waals surface area contributed by atoms with Crippen LogP contribution >= 0.6 is 0 Å². The standard InChI is InChI=1S/C16H12FN5O2S/c17-10-2-4-13-14(8-10)20-16(19-13)15-11-7-9(5-6-18-25(23)24)1-3-12(11)21-22-15/h1-4,6-8H,5H2,(H,19,20)(H,21,22)(H,23,24). The van der Waals surface area contributed by atoms with Gasteiger partial charge in [0.15, 0.2) is 5.82 Å². The number of halogens is 1. The van der Waals surface area contributed by atoms with Gasteiger partial charge in [-0.15, -0.1) is 0 Å². The SMILES string of the molecule is O=S(O)N=CCc1ccc2[nH]nc(-c3nc4ccc(F)cc4[nH]3)c2c1. The third-order valence-electron chi connectivity index (χ3n) is 3.79. The molecule has 25 heavy (non-hydrogen) atoms. The molecule has 0 spiro atoms. The van der Waals surface area contributed by atoms with E-state index in [1.54, 1.807) is 6.07 Å². The topological polar surface area (TPSA) is 107 Å². The van der Waals surface area contributed by atoms with Crippen LogP contribution in [0.15, 0.2) is 40.8 Å². The fourth-order valence-electron chi connectivity index (χ4n) is 2.67. The summed E-state index contributed by atoms with van der Waals surface area (Å²) >= 11 is -2.20. The second kappa shape index (κ2) is 6.19. The lowest BCUT2D eigenvalue weighted by Gasteiger charge is -1.98. The third kappa shape index (κ3) is 3.06. The van der Waals surface area contributed by atoms with Crippen LogP contribution in [-0.2, 0) is 17.7 Å². The van der Waals surface area contributed by atoms with Gasteiger partial charge in [-0.25, -0.2) is 13.6 Å². The van der Waals surface area contributed by atoms with Crippen molar-refractivity contribution in [3.8, 4) is 11.5 Å². The number of nitrogens with zero attached hydrogens (tertiary/aromatic N) is 3. The molecule has 0 aliphatic heterocycles. The van der Waals surface area contributed by atoms with Gasteiger partial charge in [0, 0.05) is 18.0 Å². The van der Waals surface area contributed by atoms with Crippen LogP contribution < -0.4 is 0 Å².